The predicted octanol–water partition coefficient (Wildman–Crippen LogP) is 5.13. The van der Waals surface area contributed by atoms with Crippen molar-refractivity contribution in [3.8, 4) is 0 Å². The lowest BCUT2D eigenvalue weighted by Gasteiger charge is -2.29. The maximum Gasteiger partial charge on any atom is 0.253 e. The summed E-state index contributed by atoms with van der Waals surface area (Å²) in [6.07, 6.45) is 0.870. The smallest absolute Gasteiger partial charge is 0.253 e. The minimum atomic E-state index is -0.224. The third-order valence-corrected chi connectivity index (χ3v) is 6.34. The van der Waals surface area contributed by atoms with E-state index in [-0.39, 0.29) is 11.9 Å². The van der Waals surface area contributed by atoms with Gasteiger partial charge in [-0.05, 0) is 23.7 Å². The minimum Gasteiger partial charge on any atom is -0.341 e. The van der Waals surface area contributed by atoms with Crippen molar-refractivity contribution < 1.29 is 4.79 Å². The molecule has 32 heavy (non-hydrogen) atoms. The number of benzene rings is 3. The van der Waals surface area contributed by atoms with Crippen LogP contribution in [0.15, 0.2) is 84.9 Å². The quantitative estimate of drug-likeness (QED) is 0.486. The van der Waals surface area contributed by atoms with Crippen LogP contribution in [0, 0.1) is 0 Å². The lowest BCUT2D eigenvalue weighted by Crippen LogP contribution is -2.35. The van der Waals surface area contributed by atoms with Gasteiger partial charge in [-0.1, -0.05) is 85.8 Å². The van der Waals surface area contributed by atoms with Crippen molar-refractivity contribution >= 4 is 16.8 Å². The number of pyridine rings is 1. The van der Waals surface area contributed by atoms with E-state index in [9.17, 15) is 4.79 Å². The zero-order valence-electron chi connectivity index (χ0n) is 18.3. The number of aromatic nitrogens is 1. The van der Waals surface area contributed by atoms with E-state index >= 15 is 0 Å². The van der Waals surface area contributed by atoms with Gasteiger partial charge >= 0.3 is 0 Å². The van der Waals surface area contributed by atoms with Gasteiger partial charge in [0.25, 0.3) is 5.91 Å². The third-order valence-electron chi connectivity index (χ3n) is 6.34. The maximum absolute atomic E-state index is 13.9. The van der Waals surface area contributed by atoms with Crippen LogP contribution >= 0.6 is 0 Å². The number of hydrogen-bond donors (Lipinski definition) is 1. The highest BCUT2D eigenvalue weighted by Gasteiger charge is 2.27. The topological polar surface area (TPSA) is 45.2 Å². The number of likely N-dealkylation sites (N-methyl/N-ethyl adjacent to an activating group) is 1. The monoisotopic (exact) mass is 421 g/mol. The summed E-state index contributed by atoms with van der Waals surface area (Å²) in [7, 11) is 0. The Bertz CT molecular complexity index is 1200. The Kier molecular flexibility index (Phi) is 5.70. The van der Waals surface area contributed by atoms with Crippen molar-refractivity contribution in [1.29, 1.82) is 0 Å². The summed E-state index contributed by atoms with van der Waals surface area (Å²) < 4.78 is 0. The number of carbonyl (C=O) groups excluding carboxylic acids is 1. The number of nitrogens with zero attached hydrogens (tertiary/aromatic N) is 2. The van der Waals surface area contributed by atoms with Crippen molar-refractivity contribution in [3.63, 3.8) is 0 Å². The first-order valence-electron chi connectivity index (χ1n) is 11.3. The molecule has 0 unspecified atom stereocenters. The molecule has 0 bridgehead atoms. The summed E-state index contributed by atoms with van der Waals surface area (Å²) >= 11 is 0. The molecule has 2 heterocycles. The fourth-order valence-electron chi connectivity index (χ4n) is 4.63. The second kappa shape index (κ2) is 8.93. The van der Waals surface area contributed by atoms with Gasteiger partial charge in [-0.2, -0.15) is 0 Å². The minimum absolute atomic E-state index is 0.0458. The van der Waals surface area contributed by atoms with Crippen LogP contribution in [-0.4, -0.2) is 28.9 Å². The molecule has 5 rings (SSSR count). The second-order valence-electron chi connectivity index (χ2n) is 8.28. The highest BCUT2D eigenvalue weighted by molar-refractivity contribution is 6.08. The molecular weight excluding hydrogens is 394 g/mol. The molecule has 0 aliphatic carbocycles. The van der Waals surface area contributed by atoms with Gasteiger partial charge in [0, 0.05) is 36.2 Å². The van der Waals surface area contributed by atoms with Gasteiger partial charge in [-0.3, -0.25) is 14.7 Å². The molecule has 1 aliphatic heterocycles. The number of hydrogen-bond acceptors (Lipinski definition) is 3. The van der Waals surface area contributed by atoms with E-state index in [4.69, 9.17) is 4.98 Å². The number of fused-ring (bicyclic) bond motifs is 2. The number of rotatable bonds is 5. The normalized spacial score (nSPS) is 13.8. The van der Waals surface area contributed by atoms with Gasteiger partial charge in [0.15, 0.2) is 0 Å². The largest absolute Gasteiger partial charge is 0.341 e. The SMILES string of the molecule is CCN1CCc2nc3ccccc3c(C(=O)NC(c3ccccc3)c3ccccc3)c2C1. The highest BCUT2D eigenvalue weighted by Crippen LogP contribution is 2.30. The summed E-state index contributed by atoms with van der Waals surface area (Å²) in [4.78, 5) is 21.2. The highest BCUT2D eigenvalue weighted by atomic mass is 16.1. The van der Waals surface area contributed by atoms with Crippen LogP contribution in [0.1, 0.15) is 45.7 Å². The number of carbonyl (C=O) groups is 1. The van der Waals surface area contributed by atoms with Crippen LogP contribution in [0.3, 0.4) is 0 Å². The molecule has 1 aromatic heterocycles. The molecule has 1 aliphatic rings. The molecule has 160 valence electrons. The maximum atomic E-state index is 13.9. The fourth-order valence-corrected chi connectivity index (χ4v) is 4.63. The van der Waals surface area contributed by atoms with Gasteiger partial charge in [-0.15, -0.1) is 0 Å². The van der Waals surface area contributed by atoms with E-state index in [0.717, 1.165) is 64.9 Å². The van der Waals surface area contributed by atoms with E-state index in [0.29, 0.717) is 0 Å². The number of para-hydroxylation sites is 1. The van der Waals surface area contributed by atoms with Crippen molar-refractivity contribution in [2.75, 3.05) is 13.1 Å². The second-order valence-corrected chi connectivity index (χ2v) is 8.28. The van der Waals surface area contributed by atoms with Crippen LogP contribution in [0.5, 0.6) is 0 Å². The Labute approximate surface area is 188 Å². The van der Waals surface area contributed by atoms with Crippen LogP contribution in [0.4, 0.5) is 0 Å². The Balaban J connectivity index is 1.61. The van der Waals surface area contributed by atoms with Gasteiger partial charge < -0.3 is 5.32 Å². The van der Waals surface area contributed by atoms with Crippen LogP contribution < -0.4 is 5.32 Å². The fraction of sp³-hybridized carbons (Fsp3) is 0.214. The Morgan fingerprint density at radius 2 is 1.56 bits per heavy atom. The molecule has 3 aromatic carbocycles. The molecule has 0 spiro atoms. The molecule has 1 amide bonds. The summed E-state index contributed by atoms with van der Waals surface area (Å²) in [5.41, 5.74) is 5.89. The summed E-state index contributed by atoms with van der Waals surface area (Å²) in [5, 5.41) is 4.27. The number of nitrogens with one attached hydrogen (secondary N) is 1. The molecular formula is C28H27N3O. The van der Waals surface area contributed by atoms with Gasteiger partial charge in [0.05, 0.1) is 17.1 Å². The predicted molar refractivity (Wildman–Crippen MR) is 129 cm³/mol. The summed E-state index contributed by atoms with van der Waals surface area (Å²) in [5.74, 6) is -0.0458. The van der Waals surface area contributed by atoms with Crippen molar-refractivity contribution in [2.24, 2.45) is 0 Å². The zero-order chi connectivity index (χ0) is 21.9. The van der Waals surface area contributed by atoms with Crippen molar-refractivity contribution in [2.45, 2.75) is 25.9 Å². The lowest BCUT2D eigenvalue weighted by molar-refractivity contribution is 0.0941. The van der Waals surface area contributed by atoms with E-state index in [1.54, 1.807) is 0 Å². The summed E-state index contributed by atoms with van der Waals surface area (Å²) in [6.45, 7) is 4.87. The Hall–Kier alpha value is -3.50. The first kappa shape index (κ1) is 20.4. The molecule has 0 saturated heterocycles. The molecule has 4 heteroatoms. The van der Waals surface area contributed by atoms with Crippen molar-refractivity contribution in [1.82, 2.24) is 15.2 Å². The summed E-state index contributed by atoms with van der Waals surface area (Å²) in [6, 6.07) is 28.1. The molecule has 4 nitrogen and oxygen atoms in total. The first-order valence-corrected chi connectivity index (χ1v) is 11.3. The Morgan fingerprint density at radius 1 is 0.938 bits per heavy atom. The van der Waals surface area contributed by atoms with Crippen LogP contribution in [0.25, 0.3) is 10.9 Å². The molecule has 0 atom stereocenters. The van der Waals surface area contributed by atoms with Crippen LogP contribution in [-0.2, 0) is 13.0 Å². The Morgan fingerprint density at radius 3 is 2.22 bits per heavy atom. The van der Waals surface area contributed by atoms with Gasteiger partial charge in [0.1, 0.15) is 0 Å². The molecule has 0 fully saturated rings. The molecule has 1 N–H and O–H groups in total. The van der Waals surface area contributed by atoms with E-state index in [2.05, 4.69) is 41.4 Å². The van der Waals surface area contributed by atoms with E-state index < -0.39 is 0 Å². The standard InChI is InChI=1S/C28H27N3O/c1-2-31-18-17-25-23(19-31)26(22-15-9-10-16-24(22)29-25)28(32)30-27(20-11-5-3-6-12-20)21-13-7-4-8-14-21/h3-16,27H,2,17-19H2,1H3,(H,30,32). The molecule has 4 aromatic rings. The van der Waals surface area contributed by atoms with E-state index in [1.807, 2.05) is 60.7 Å². The average molecular weight is 422 g/mol. The van der Waals surface area contributed by atoms with Crippen molar-refractivity contribution in [3.05, 3.63) is 113 Å². The zero-order valence-corrected chi connectivity index (χ0v) is 18.3. The van der Waals surface area contributed by atoms with E-state index in [1.165, 1.54) is 0 Å². The lowest BCUT2D eigenvalue weighted by atomic mass is 9.93. The van der Waals surface area contributed by atoms with Crippen LogP contribution in [0.2, 0.25) is 0 Å². The molecule has 0 radical (unpaired) electrons. The average Bonchev–Trinajstić information content (AvgIpc) is 2.86. The molecule has 0 saturated carbocycles. The van der Waals surface area contributed by atoms with Gasteiger partial charge in [-0.25, -0.2) is 0 Å². The third kappa shape index (κ3) is 3.90. The first-order chi connectivity index (χ1) is 15.7. The number of amides is 1. The van der Waals surface area contributed by atoms with Gasteiger partial charge in [0.2, 0.25) is 0 Å².